The second-order valence-corrected chi connectivity index (χ2v) is 6.67. The number of fused-ring (bicyclic) bond motifs is 1. The summed E-state index contributed by atoms with van der Waals surface area (Å²) in [5.74, 6) is 0.654. The molecule has 2 aliphatic carbocycles. The van der Waals surface area contributed by atoms with Crippen LogP contribution in [0.3, 0.4) is 0 Å². The van der Waals surface area contributed by atoms with Crippen molar-refractivity contribution in [3.8, 4) is 0 Å². The van der Waals surface area contributed by atoms with Gasteiger partial charge in [0.15, 0.2) is 0 Å². The topological polar surface area (TPSA) is 60.7 Å². The first-order valence-electron chi connectivity index (χ1n) is 7.04. The molecule has 0 saturated heterocycles. The van der Waals surface area contributed by atoms with E-state index < -0.39 is 18.3 Å². The fourth-order valence-electron chi connectivity index (χ4n) is 3.87. The minimum atomic E-state index is -0.608. The van der Waals surface area contributed by atoms with Crippen LogP contribution in [-0.2, 0) is 0 Å². The van der Waals surface area contributed by atoms with Crippen LogP contribution in [0.25, 0.3) is 0 Å². The van der Waals surface area contributed by atoms with Crippen LogP contribution in [0, 0.1) is 17.3 Å². The van der Waals surface area contributed by atoms with E-state index in [2.05, 4.69) is 13.8 Å². The van der Waals surface area contributed by atoms with Gasteiger partial charge in [0.05, 0.1) is 18.3 Å². The Bertz CT molecular complexity index is 361. The second-order valence-electron chi connectivity index (χ2n) is 6.67. The molecule has 0 radical (unpaired) electrons. The van der Waals surface area contributed by atoms with Gasteiger partial charge in [-0.15, -0.1) is 0 Å². The summed E-state index contributed by atoms with van der Waals surface area (Å²) < 4.78 is 0. The summed E-state index contributed by atoms with van der Waals surface area (Å²) >= 11 is 0. The maximum Gasteiger partial charge on any atom is 0.0790 e. The molecule has 104 valence electrons. The van der Waals surface area contributed by atoms with Gasteiger partial charge >= 0.3 is 0 Å². The van der Waals surface area contributed by atoms with Crippen LogP contribution in [0.1, 0.15) is 47.0 Å². The van der Waals surface area contributed by atoms with Gasteiger partial charge in [-0.1, -0.05) is 20.8 Å². The van der Waals surface area contributed by atoms with Crippen LogP contribution in [0.4, 0.5) is 0 Å². The van der Waals surface area contributed by atoms with Crippen LogP contribution in [0.2, 0.25) is 0 Å². The Morgan fingerprint density at radius 2 is 1.83 bits per heavy atom. The summed E-state index contributed by atoms with van der Waals surface area (Å²) in [5, 5.41) is 30.9. The van der Waals surface area contributed by atoms with E-state index in [1.807, 2.05) is 13.8 Å². The minimum absolute atomic E-state index is 0.237. The predicted octanol–water partition coefficient (Wildman–Crippen LogP) is 1.86. The molecule has 18 heavy (non-hydrogen) atoms. The standard InChI is InChI=1S/C15H26O3/c1-8(2)10-5-6-15(4)12(17)7-11(16)9(3)13(15)14(10)18/h8,10-12,14,16-18H,5-7H2,1-4H3/t10-,11+,12+,14+,15-/m0/s1. The molecule has 0 spiro atoms. The van der Waals surface area contributed by atoms with Gasteiger partial charge in [0.1, 0.15) is 0 Å². The van der Waals surface area contributed by atoms with E-state index in [1.54, 1.807) is 0 Å². The maximum atomic E-state index is 10.6. The first-order valence-corrected chi connectivity index (χ1v) is 7.04. The number of rotatable bonds is 1. The molecule has 0 aromatic carbocycles. The van der Waals surface area contributed by atoms with Gasteiger partial charge in [-0.3, -0.25) is 0 Å². The molecular formula is C15H26O3. The average molecular weight is 254 g/mol. The third kappa shape index (κ3) is 1.93. The molecule has 0 heterocycles. The predicted molar refractivity (Wildman–Crippen MR) is 71.0 cm³/mol. The summed E-state index contributed by atoms with van der Waals surface area (Å²) in [6.07, 6.45) is 0.559. The molecule has 0 unspecified atom stereocenters. The quantitative estimate of drug-likeness (QED) is 0.626. The highest BCUT2D eigenvalue weighted by Gasteiger charge is 2.50. The molecule has 3 heteroatoms. The zero-order valence-electron chi connectivity index (χ0n) is 11.8. The van der Waals surface area contributed by atoms with Crippen molar-refractivity contribution >= 4 is 0 Å². The smallest absolute Gasteiger partial charge is 0.0790 e. The monoisotopic (exact) mass is 254 g/mol. The molecular weight excluding hydrogens is 228 g/mol. The van der Waals surface area contributed by atoms with Crippen LogP contribution in [0.15, 0.2) is 11.1 Å². The summed E-state index contributed by atoms with van der Waals surface area (Å²) in [7, 11) is 0. The van der Waals surface area contributed by atoms with E-state index in [9.17, 15) is 15.3 Å². The Hall–Kier alpha value is -0.380. The van der Waals surface area contributed by atoms with Crippen LogP contribution >= 0.6 is 0 Å². The van der Waals surface area contributed by atoms with Gasteiger partial charge in [0.25, 0.3) is 0 Å². The SMILES string of the molecule is CC1=C2[C@H](O)[C@H](C(C)C)CC[C@@]2(C)[C@H](O)C[C@H]1O. The van der Waals surface area contributed by atoms with Gasteiger partial charge in [-0.25, -0.2) is 0 Å². The Balaban J connectivity index is 2.44. The average Bonchev–Trinajstić information content (AvgIpc) is 2.26. The molecule has 0 aromatic rings. The van der Waals surface area contributed by atoms with Crippen LogP contribution in [0.5, 0.6) is 0 Å². The van der Waals surface area contributed by atoms with Crippen molar-refractivity contribution in [2.75, 3.05) is 0 Å². The van der Waals surface area contributed by atoms with E-state index in [0.29, 0.717) is 12.3 Å². The van der Waals surface area contributed by atoms with Crippen molar-refractivity contribution in [1.82, 2.24) is 0 Å². The van der Waals surface area contributed by atoms with Crippen molar-refractivity contribution in [1.29, 1.82) is 0 Å². The van der Waals surface area contributed by atoms with Gasteiger partial charge in [-0.05, 0) is 42.7 Å². The van der Waals surface area contributed by atoms with E-state index in [4.69, 9.17) is 0 Å². The molecule has 1 fully saturated rings. The fraction of sp³-hybridized carbons (Fsp3) is 0.867. The first kappa shape index (κ1) is 14.0. The molecule has 0 aliphatic heterocycles. The highest BCUT2D eigenvalue weighted by atomic mass is 16.3. The van der Waals surface area contributed by atoms with Gasteiger partial charge < -0.3 is 15.3 Å². The molecule has 0 aromatic heterocycles. The van der Waals surface area contributed by atoms with Gasteiger partial charge in [-0.2, -0.15) is 0 Å². The molecule has 2 aliphatic rings. The summed E-state index contributed by atoms with van der Waals surface area (Å²) in [5.41, 5.74) is 1.42. The zero-order chi connectivity index (χ0) is 13.7. The van der Waals surface area contributed by atoms with E-state index in [1.165, 1.54) is 0 Å². The zero-order valence-corrected chi connectivity index (χ0v) is 11.8. The fourth-order valence-corrected chi connectivity index (χ4v) is 3.87. The van der Waals surface area contributed by atoms with Crippen molar-refractivity contribution in [2.45, 2.75) is 65.3 Å². The van der Waals surface area contributed by atoms with Gasteiger partial charge in [0, 0.05) is 11.8 Å². The molecule has 2 rings (SSSR count). The summed E-state index contributed by atoms with van der Waals surface area (Å²) in [6, 6.07) is 0. The molecule has 3 N–H and O–H groups in total. The lowest BCUT2D eigenvalue weighted by Gasteiger charge is -2.51. The Kier molecular flexibility index (Phi) is 3.60. The lowest BCUT2D eigenvalue weighted by atomic mass is 9.57. The third-order valence-corrected chi connectivity index (χ3v) is 5.28. The maximum absolute atomic E-state index is 10.6. The Labute approximate surface area is 110 Å². The van der Waals surface area contributed by atoms with Crippen molar-refractivity contribution in [3.05, 3.63) is 11.1 Å². The molecule has 1 saturated carbocycles. The molecule has 3 nitrogen and oxygen atoms in total. The lowest BCUT2D eigenvalue weighted by Crippen LogP contribution is -2.51. The Morgan fingerprint density at radius 1 is 1.22 bits per heavy atom. The highest BCUT2D eigenvalue weighted by molar-refractivity contribution is 5.34. The van der Waals surface area contributed by atoms with Crippen LogP contribution < -0.4 is 0 Å². The highest BCUT2D eigenvalue weighted by Crippen LogP contribution is 2.52. The number of hydrogen-bond donors (Lipinski definition) is 3. The van der Waals surface area contributed by atoms with E-state index in [-0.39, 0.29) is 11.3 Å². The van der Waals surface area contributed by atoms with Crippen molar-refractivity contribution in [3.63, 3.8) is 0 Å². The normalized spacial score (nSPS) is 45.3. The summed E-state index contributed by atoms with van der Waals surface area (Å²) in [4.78, 5) is 0. The number of aliphatic hydroxyl groups is 3. The number of hydrogen-bond acceptors (Lipinski definition) is 3. The van der Waals surface area contributed by atoms with Crippen LogP contribution in [-0.4, -0.2) is 33.6 Å². The molecule has 0 bridgehead atoms. The van der Waals surface area contributed by atoms with Gasteiger partial charge in [0.2, 0.25) is 0 Å². The van der Waals surface area contributed by atoms with Crippen molar-refractivity contribution < 1.29 is 15.3 Å². The largest absolute Gasteiger partial charge is 0.392 e. The molecule has 5 atom stereocenters. The first-order chi connectivity index (χ1) is 8.29. The third-order valence-electron chi connectivity index (χ3n) is 5.28. The van der Waals surface area contributed by atoms with Crippen molar-refractivity contribution in [2.24, 2.45) is 17.3 Å². The second kappa shape index (κ2) is 4.62. The Morgan fingerprint density at radius 3 is 2.39 bits per heavy atom. The molecule has 0 amide bonds. The van der Waals surface area contributed by atoms with E-state index >= 15 is 0 Å². The lowest BCUT2D eigenvalue weighted by molar-refractivity contribution is -0.0479. The number of aliphatic hydroxyl groups excluding tert-OH is 3. The van der Waals surface area contributed by atoms with E-state index in [0.717, 1.165) is 24.0 Å². The summed E-state index contributed by atoms with van der Waals surface area (Å²) in [6.45, 7) is 8.18. The minimum Gasteiger partial charge on any atom is -0.392 e.